The van der Waals surface area contributed by atoms with Crippen molar-refractivity contribution in [3.05, 3.63) is 58.7 Å². The van der Waals surface area contributed by atoms with Gasteiger partial charge in [-0.1, -0.05) is 19.9 Å². The molecule has 2 saturated heterocycles. The number of ketones is 1. The molecule has 0 bridgehead atoms. The van der Waals surface area contributed by atoms with Crippen LogP contribution in [0, 0.1) is 12.8 Å². The number of morpholine rings is 1. The lowest BCUT2D eigenvalue weighted by atomic mass is 9.94. The van der Waals surface area contributed by atoms with Gasteiger partial charge < -0.3 is 29.0 Å². The van der Waals surface area contributed by atoms with E-state index in [1.54, 1.807) is 48.4 Å². The van der Waals surface area contributed by atoms with Gasteiger partial charge in [-0.15, -0.1) is 0 Å². The number of aliphatic hydroxyl groups is 1. The Kier molecular flexibility index (Phi) is 9.71. The Balaban J connectivity index is 1.71. The van der Waals surface area contributed by atoms with Crippen LogP contribution in [-0.2, 0) is 14.3 Å². The number of amides is 1. The Morgan fingerprint density at radius 2 is 1.70 bits per heavy atom. The third-order valence-electron chi connectivity index (χ3n) is 7.26. The zero-order valence-corrected chi connectivity index (χ0v) is 24.1. The van der Waals surface area contributed by atoms with E-state index >= 15 is 0 Å². The number of hydrogen-bond donors (Lipinski definition) is 1. The van der Waals surface area contributed by atoms with Gasteiger partial charge in [0.05, 0.1) is 45.7 Å². The fourth-order valence-corrected chi connectivity index (χ4v) is 5.14. The Labute approximate surface area is 236 Å². The number of methoxy groups -OCH3 is 2. The van der Waals surface area contributed by atoms with Crippen molar-refractivity contribution in [2.45, 2.75) is 33.2 Å². The second kappa shape index (κ2) is 13.2. The zero-order chi connectivity index (χ0) is 28.8. The Hall–Kier alpha value is -3.56. The minimum absolute atomic E-state index is 0.0545. The summed E-state index contributed by atoms with van der Waals surface area (Å²) in [7, 11) is 3.08. The van der Waals surface area contributed by atoms with Gasteiger partial charge in [0.25, 0.3) is 11.7 Å². The number of nitrogens with zero attached hydrogens (tertiary/aromatic N) is 2. The Morgan fingerprint density at radius 3 is 2.35 bits per heavy atom. The van der Waals surface area contributed by atoms with Gasteiger partial charge in [-0.05, 0) is 60.7 Å². The standard InChI is InChI=1S/C31H40N2O7/c1-20(2)19-40-24-9-8-23(17-21(24)3)29(34)27-28(22-7-10-25(37-4)26(18-22)38-5)33(31(36)30(27)35)12-6-11-32-13-15-39-16-14-32/h7-10,17-18,20,28,34H,6,11-16,19H2,1-5H3/t28-/m0/s1. The van der Waals surface area contributed by atoms with Gasteiger partial charge in [-0.3, -0.25) is 14.5 Å². The van der Waals surface area contributed by atoms with Crippen LogP contribution in [-0.4, -0.2) is 86.8 Å². The highest BCUT2D eigenvalue weighted by Gasteiger charge is 2.46. The van der Waals surface area contributed by atoms with Gasteiger partial charge in [0.1, 0.15) is 11.5 Å². The van der Waals surface area contributed by atoms with E-state index < -0.39 is 17.7 Å². The number of hydrogen-bond acceptors (Lipinski definition) is 8. The monoisotopic (exact) mass is 552 g/mol. The van der Waals surface area contributed by atoms with Crippen molar-refractivity contribution in [3.8, 4) is 17.2 Å². The third-order valence-corrected chi connectivity index (χ3v) is 7.26. The number of aliphatic hydroxyl groups excluding tert-OH is 1. The van der Waals surface area contributed by atoms with Crippen LogP contribution in [0.25, 0.3) is 5.76 Å². The van der Waals surface area contributed by atoms with Crippen LogP contribution in [0.2, 0.25) is 0 Å². The molecule has 1 atom stereocenters. The third kappa shape index (κ3) is 6.42. The number of aryl methyl sites for hydroxylation is 1. The maximum Gasteiger partial charge on any atom is 0.295 e. The molecule has 2 aromatic rings. The normalized spacial score (nSPS) is 19.4. The average Bonchev–Trinajstić information content (AvgIpc) is 3.21. The summed E-state index contributed by atoms with van der Waals surface area (Å²) in [6.45, 7) is 10.8. The molecule has 9 heteroatoms. The minimum Gasteiger partial charge on any atom is -0.507 e. The summed E-state index contributed by atoms with van der Waals surface area (Å²) in [5, 5.41) is 11.5. The van der Waals surface area contributed by atoms with E-state index in [9.17, 15) is 14.7 Å². The molecule has 1 amide bonds. The van der Waals surface area contributed by atoms with Crippen molar-refractivity contribution in [1.29, 1.82) is 0 Å². The van der Waals surface area contributed by atoms with Crippen LogP contribution in [0.1, 0.15) is 43.0 Å². The van der Waals surface area contributed by atoms with E-state index in [4.69, 9.17) is 18.9 Å². The summed E-state index contributed by atoms with van der Waals surface area (Å²) < 4.78 is 22.2. The predicted molar refractivity (Wildman–Crippen MR) is 152 cm³/mol. The highest BCUT2D eigenvalue weighted by Crippen LogP contribution is 2.42. The fraction of sp³-hybridized carbons (Fsp3) is 0.484. The molecule has 0 unspecified atom stereocenters. The summed E-state index contributed by atoms with van der Waals surface area (Å²) in [6.07, 6.45) is 0.678. The molecule has 2 heterocycles. The zero-order valence-electron chi connectivity index (χ0n) is 24.1. The summed E-state index contributed by atoms with van der Waals surface area (Å²) in [4.78, 5) is 30.7. The number of carbonyl (C=O) groups is 2. The van der Waals surface area contributed by atoms with Crippen LogP contribution >= 0.6 is 0 Å². The fourth-order valence-electron chi connectivity index (χ4n) is 5.14. The van der Waals surface area contributed by atoms with Gasteiger partial charge in [0.2, 0.25) is 0 Å². The summed E-state index contributed by atoms with van der Waals surface area (Å²) in [5.74, 6) is 0.536. The van der Waals surface area contributed by atoms with Crippen molar-refractivity contribution in [2.24, 2.45) is 5.92 Å². The van der Waals surface area contributed by atoms with Crippen molar-refractivity contribution >= 4 is 17.4 Å². The SMILES string of the molecule is COc1ccc([C@H]2C(=C(O)c3ccc(OCC(C)C)c(C)c3)C(=O)C(=O)N2CCCN2CCOCC2)cc1OC. The molecular weight excluding hydrogens is 512 g/mol. The number of likely N-dealkylation sites (tertiary alicyclic amines) is 1. The topological polar surface area (TPSA) is 97.8 Å². The lowest BCUT2D eigenvalue weighted by Gasteiger charge is -2.29. The van der Waals surface area contributed by atoms with Gasteiger partial charge in [0.15, 0.2) is 11.5 Å². The van der Waals surface area contributed by atoms with E-state index in [-0.39, 0.29) is 11.3 Å². The van der Waals surface area contributed by atoms with Crippen LogP contribution in [0.5, 0.6) is 17.2 Å². The number of ether oxygens (including phenoxy) is 4. The van der Waals surface area contributed by atoms with E-state index in [0.29, 0.717) is 67.1 Å². The van der Waals surface area contributed by atoms with Crippen LogP contribution in [0.3, 0.4) is 0 Å². The Bertz CT molecular complexity index is 1250. The maximum atomic E-state index is 13.5. The van der Waals surface area contributed by atoms with Crippen molar-refractivity contribution in [3.63, 3.8) is 0 Å². The molecule has 216 valence electrons. The molecule has 2 fully saturated rings. The van der Waals surface area contributed by atoms with Crippen LogP contribution < -0.4 is 14.2 Å². The smallest absolute Gasteiger partial charge is 0.295 e. The highest BCUT2D eigenvalue weighted by molar-refractivity contribution is 6.46. The summed E-state index contributed by atoms with van der Waals surface area (Å²) >= 11 is 0. The van der Waals surface area contributed by atoms with Crippen molar-refractivity contribution in [2.75, 3.05) is 60.2 Å². The first-order valence-corrected chi connectivity index (χ1v) is 13.8. The quantitative estimate of drug-likeness (QED) is 0.252. The summed E-state index contributed by atoms with van der Waals surface area (Å²) in [6, 6.07) is 9.81. The van der Waals surface area contributed by atoms with Crippen molar-refractivity contribution < 1.29 is 33.6 Å². The van der Waals surface area contributed by atoms with Crippen molar-refractivity contribution in [1.82, 2.24) is 9.80 Å². The number of benzene rings is 2. The molecule has 9 nitrogen and oxygen atoms in total. The summed E-state index contributed by atoms with van der Waals surface area (Å²) in [5.41, 5.74) is 1.98. The average molecular weight is 553 g/mol. The molecule has 2 aliphatic rings. The number of Topliss-reactive ketones (excluding diaryl/α,β-unsaturated/α-hetero) is 1. The molecule has 0 saturated carbocycles. The molecule has 2 aromatic carbocycles. The lowest BCUT2D eigenvalue weighted by molar-refractivity contribution is -0.140. The highest BCUT2D eigenvalue weighted by atomic mass is 16.5. The molecule has 0 spiro atoms. The minimum atomic E-state index is -0.776. The predicted octanol–water partition coefficient (Wildman–Crippen LogP) is 4.19. The number of carbonyl (C=O) groups excluding carboxylic acids is 2. The second-order valence-electron chi connectivity index (χ2n) is 10.6. The number of rotatable bonds is 11. The molecule has 4 rings (SSSR count). The van der Waals surface area contributed by atoms with Gasteiger partial charge in [-0.2, -0.15) is 0 Å². The van der Waals surface area contributed by atoms with Gasteiger partial charge >= 0.3 is 0 Å². The van der Waals surface area contributed by atoms with Gasteiger partial charge in [-0.25, -0.2) is 0 Å². The molecular formula is C31H40N2O7. The largest absolute Gasteiger partial charge is 0.507 e. The van der Waals surface area contributed by atoms with E-state index in [1.807, 2.05) is 6.92 Å². The van der Waals surface area contributed by atoms with E-state index in [2.05, 4.69) is 18.7 Å². The Morgan fingerprint density at radius 1 is 1.00 bits per heavy atom. The molecule has 0 aliphatic carbocycles. The molecule has 0 radical (unpaired) electrons. The first-order chi connectivity index (χ1) is 19.2. The first kappa shape index (κ1) is 29.4. The van der Waals surface area contributed by atoms with Gasteiger partial charge in [0, 0.05) is 31.7 Å². The van der Waals surface area contributed by atoms with E-state index in [1.165, 1.54) is 7.11 Å². The maximum absolute atomic E-state index is 13.5. The first-order valence-electron chi connectivity index (χ1n) is 13.8. The van der Waals surface area contributed by atoms with E-state index in [0.717, 1.165) is 25.2 Å². The molecule has 1 N–H and O–H groups in total. The van der Waals surface area contributed by atoms with Crippen LogP contribution in [0.15, 0.2) is 42.0 Å². The lowest BCUT2D eigenvalue weighted by Crippen LogP contribution is -2.38. The second-order valence-corrected chi connectivity index (χ2v) is 10.6. The molecule has 0 aromatic heterocycles. The van der Waals surface area contributed by atoms with Crippen LogP contribution in [0.4, 0.5) is 0 Å². The molecule has 40 heavy (non-hydrogen) atoms. The molecule has 2 aliphatic heterocycles.